The molecule has 1 unspecified atom stereocenters. The van der Waals surface area contributed by atoms with Gasteiger partial charge in [0.15, 0.2) is 5.69 Å². The highest BCUT2D eigenvalue weighted by atomic mass is 16.5. The summed E-state index contributed by atoms with van der Waals surface area (Å²) in [6, 6.07) is 29.1. The molecule has 14 heteroatoms. The molecule has 6 rings (SSSR count). The van der Waals surface area contributed by atoms with Gasteiger partial charge in [-0.15, -0.1) is 0 Å². The van der Waals surface area contributed by atoms with Crippen molar-refractivity contribution in [1.82, 2.24) is 30.7 Å². The molecule has 0 radical (unpaired) electrons. The monoisotopic (exact) mass is 732 g/mol. The van der Waals surface area contributed by atoms with E-state index in [9.17, 15) is 29.7 Å². The van der Waals surface area contributed by atoms with Crippen molar-refractivity contribution in [1.29, 1.82) is 0 Å². The highest BCUT2D eigenvalue weighted by Gasteiger charge is 2.19. The number of phenolic OH excluding ortho intramolecular Hbond substituents is 1. The number of methoxy groups -OCH3 is 1. The van der Waals surface area contributed by atoms with Gasteiger partial charge in [-0.1, -0.05) is 60.7 Å². The van der Waals surface area contributed by atoms with Gasteiger partial charge in [0.2, 0.25) is 5.56 Å². The summed E-state index contributed by atoms with van der Waals surface area (Å²) in [4.78, 5) is 38.9. The van der Waals surface area contributed by atoms with Gasteiger partial charge in [-0.25, -0.2) is 4.79 Å². The van der Waals surface area contributed by atoms with Gasteiger partial charge in [0.1, 0.15) is 23.9 Å². The van der Waals surface area contributed by atoms with Gasteiger partial charge in [0, 0.05) is 43.7 Å². The lowest BCUT2D eigenvalue weighted by atomic mass is 9.99. The second kappa shape index (κ2) is 16.8. The number of aromatic nitrogens is 3. The Bertz CT molecular complexity index is 2320. The van der Waals surface area contributed by atoms with Crippen LogP contribution in [0, 0.1) is 0 Å². The number of benzene rings is 4. The number of aromatic hydroxyl groups is 1. The third-order valence-electron chi connectivity index (χ3n) is 8.91. The summed E-state index contributed by atoms with van der Waals surface area (Å²) in [6.45, 7) is 0.927. The van der Waals surface area contributed by atoms with Crippen LogP contribution in [0.5, 0.6) is 17.2 Å². The fraction of sp³-hybridized carbons (Fsp3) is 0.200. The number of H-pyrrole nitrogens is 1. The van der Waals surface area contributed by atoms with E-state index in [0.29, 0.717) is 40.3 Å². The zero-order chi connectivity index (χ0) is 38.2. The Labute approximate surface area is 310 Å². The van der Waals surface area contributed by atoms with Crippen molar-refractivity contribution in [3.05, 3.63) is 153 Å². The van der Waals surface area contributed by atoms with Crippen LogP contribution in [-0.4, -0.2) is 55.7 Å². The van der Waals surface area contributed by atoms with Crippen molar-refractivity contribution < 1.29 is 34.4 Å². The van der Waals surface area contributed by atoms with Crippen LogP contribution in [0.25, 0.3) is 10.9 Å². The summed E-state index contributed by atoms with van der Waals surface area (Å²) < 4.78 is 13.2. The zero-order valence-electron chi connectivity index (χ0n) is 29.6. The molecule has 2 amide bonds. The maximum absolute atomic E-state index is 13.1. The van der Waals surface area contributed by atoms with Crippen LogP contribution in [0.2, 0.25) is 0 Å². The number of phenols is 1. The van der Waals surface area contributed by atoms with Gasteiger partial charge in [-0.05, 0) is 58.7 Å². The van der Waals surface area contributed by atoms with E-state index in [1.54, 1.807) is 55.2 Å². The lowest BCUT2D eigenvalue weighted by molar-refractivity contribution is 0.0945. The number of rotatable bonds is 15. The van der Waals surface area contributed by atoms with Gasteiger partial charge < -0.3 is 45.7 Å². The highest BCUT2D eigenvalue weighted by molar-refractivity contribution is 5.92. The number of hydrogen-bond acceptors (Lipinski definition) is 9. The number of aryl methyl sites for hydroxylation is 1. The minimum Gasteiger partial charge on any atom is -0.506 e. The molecule has 14 nitrogen and oxygen atoms in total. The predicted molar refractivity (Wildman–Crippen MR) is 200 cm³/mol. The number of amides is 2. The number of carbonyl (C=O) groups is 2. The van der Waals surface area contributed by atoms with Gasteiger partial charge in [0.25, 0.3) is 5.91 Å². The average Bonchev–Trinajstić information content (AvgIpc) is 3.56. The Morgan fingerprint density at radius 1 is 0.926 bits per heavy atom. The van der Waals surface area contributed by atoms with Crippen molar-refractivity contribution in [3.63, 3.8) is 0 Å². The third kappa shape index (κ3) is 8.86. The number of fused-ring (bicyclic) bond motifs is 1. The lowest BCUT2D eigenvalue weighted by Gasteiger charge is -2.19. The molecule has 0 saturated heterocycles. The van der Waals surface area contributed by atoms with E-state index >= 15 is 0 Å². The first-order valence-corrected chi connectivity index (χ1v) is 17.1. The molecule has 0 bridgehead atoms. The fourth-order valence-electron chi connectivity index (χ4n) is 6.14. The number of aliphatic hydroxyl groups excluding tert-OH is 1. The van der Waals surface area contributed by atoms with Crippen LogP contribution in [0.4, 0.5) is 4.79 Å². The predicted octanol–water partition coefficient (Wildman–Crippen LogP) is 4.67. The molecular weight excluding hydrogens is 692 g/mol. The minimum absolute atomic E-state index is 0.0751. The largest absolute Gasteiger partial charge is 0.506 e. The number of ether oxygens (including phenoxy) is 2. The van der Waals surface area contributed by atoms with Crippen LogP contribution in [0.15, 0.2) is 108 Å². The SMILES string of the molecule is COc1cc(CNC(=O)c2cc(COc3cccc([C@@H](NC(=O)O)c4ccccc4)c3)n(C)n2)ccc1CNCC(O)c1ccc(O)c2[nH]c(=O)ccc12. The Kier molecular flexibility index (Phi) is 11.5. The molecule has 2 heterocycles. The number of carboxylic acid groups (broad SMARTS) is 1. The zero-order valence-corrected chi connectivity index (χ0v) is 29.6. The molecular formula is C40H40N6O8. The molecule has 4 aromatic carbocycles. The number of aliphatic hydroxyl groups is 1. The molecule has 0 aliphatic rings. The molecule has 7 N–H and O–H groups in total. The number of nitrogens with one attached hydrogen (secondary N) is 4. The van der Waals surface area contributed by atoms with Gasteiger partial charge in [-0.3, -0.25) is 14.3 Å². The number of hydrogen-bond donors (Lipinski definition) is 7. The first-order valence-electron chi connectivity index (χ1n) is 17.1. The molecule has 0 aliphatic heterocycles. The quantitative estimate of drug-likeness (QED) is 0.0779. The molecule has 6 aromatic rings. The van der Waals surface area contributed by atoms with Gasteiger partial charge in [-0.2, -0.15) is 5.10 Å². The molecule has 0 saturated carbocycles. The topological polar surface area (TPSA) is 200 Å². The van der Waals surface area contributed by atoms with E-state index in [0.717, 1.165) is 16.7 Å². The molecule has 0 aliphatic carbocycles. The normalized spacial score (nSPS) is 12.2. The van der Waals surface area contributed by atoms with E-state index in [1.807, 2.05) is 54.6 Å². The van der Waals surface area contributed by atoms with E-state index in [1.165, 1.54) is 12.1 Å². The van der Waals surface area contributed by atoms with Crippen molar-refractivity contribution in [2.24, 2.45) is 7.05 Å². The Morgan fingerprint density at radius 2 is 1.72 bits per heavy atom. The van der Waals surface area contributed by atoms with Crippen LogP contribution in [0.3, 0.4) is 0 Å². The van der Waals surface area contributed by atoms with E-state index in [-0.39, 0.29) is 48.1 Å². The van der Waals surface area contributed by atoms with Crippen LogP contribution < -0.4 is 31.0 Å². The third-order valence-corrected chi connectivity index (χ3v) is 8.91. The van der Waals surface area contributed by atoms with Crippen molar-refractivity contribution in [3.8, 4) is 17.2 Å². The van der Waals surface area contributed by atoms with E-state index in [2.05, 4.69) is 26.0 Å². The second-order valence-electron chi connectivity index (χ2n) is 12.6. The number of carbonyl (C=O) groups excluding carboxylic acids is 1. The standard InChI is InChI=1S/C40H40N6O8/c1-46-28(23-54-29-10-6-9-26(18-29)37(44-40(51)52)25-7-4-3-5-8-25)19-32(45-46)39(50)42-20-24-11-12-27(35(17-24)53-2)21-41-22-34(48)30-13-15-33(47)38-31(30)14-16-36(49)43-38/h3-19,34,37,41,44,47-48H,20-23H2,1-2H3,(H,42,50)(H,43,49)(H,51,52)/t34?,37-/m0/s1. The summed E-state index contributed by atoms with van der Waals surface area (Å²) in [7, 11) is 3.28. The van der Waals surface area contributed by atoms with Crippen molar-refractivity contribution >= 4 is 22.9 Å². The molecule has 278 valence electrons. The number of aromatic amines is 1. The molecule has 0 fully saturated rings. The summed E-state index contributed by atoms with van der Waals surface area (Å²) >= 11 is 0. The second-order valence-corrected chi connectivity index (χ2v) is 12.6. The first-order chi connectivity index (χ1) is 26.1. The summed E-state index contributed by atoms with van der Waals surface area (Å²) in [6.07, 6.45) is -2.05. The Balaban J connectivity index is 1.02. The molecule has 2 aromatic heterocycles. The summed E-state index contributed by atoms with van der Waals surface area (Å²) in [5.41, 5.74) is 4.51. The maximum atomic E-state index is 13.1. The Morgan fingerprint density at radius 3 is 2.50 bits per heavy atom. The van der Waals surface area contributed by atoms with Gasteiger partial charge in [0.05, 0.1) is 30.5 Å². The van der Waals surface area contributed by atoms with Crippen molar-refractivity contribution in [2.75, 3.05) is 13.7 Å². The van der Waals surface area contributed by atoms with Crippen LogP contribution in [-0.2, 0) is 26.7 Å². The van der Waals surface area contributed by atoms with Crippen molar-refractivity contribution in [2.45, 2.75) is 31.8 Å². The first kappa shape index (κ1) is 37.1. The summed E-state index contributed by atoms with van der Waals surface area (Å²) in [5, 5.41) is 44.1. The molecule has 2 atom stereocenters. The van der Waals surface area contributed by atoms with E-state index in [4.69, 9.17) is 9.47 Å². The fourth-order valence-corrected chi connectivity index (χ4v) is 6.14. The molecule has 0 spiro atoms. The minimum atomic E-state index is -1.14. The molecule has 54 heavy (non-hydrogen) atoms. The van der Waals surface area contributed by atoms with Gasteiger partial charge >= 0.3 is 6.09 Å². The highest BCUT2D eigenvalue weighted by Crippen LogP contribution is 2.29. The maximum Gasteiger partial charge on any atom is 0.405 e. The number of pyridine rings is 1. The van der Waals surface area contributed by atoms with Crippen LogP contribution >= 0.6 is 0 Å². The lowest BCUT2D eigenvalue weighted by Crippen LogP contribution is -2.27. The summed E-state index contributed by atoms with van der Waals surface area (Å²) in [5.74, 6) is 0.690. The number of nitrogens with zero attached hydrogens (tertiary/aromatic N) is 2. The van der Waals surface area contributed by atoms with Crippen LogP contribution in [0.1, 0.15) is 56.1 Å². The Hall–Kier alpha value is -6.64. The average molecular weight is 733 g/mol. The van der Waals surface area contributed by atoms with E-state index < -0.39 is 18.2 Å². The smallest absolute Gasteiger partial charge is 0.405 e.